The fraction of sp³-hybridized carbons (Fsp3) is 0.533. The van der Waals surface area contributed by atoms with Crippen LogP contribution in [-0.2, 0) is 16.6 Å². The molecule has 0 spiro atoms. The minimum Gasteiger partial charge on any atom is -0.481 e. The van der Waals surface area contributed by atoms with Crippen LogP contribution in [0.4, 0.5) is 0 Å². The summed E-state index contributed by atoms with van der Waals surface area (Å²) in [7, 11) is 1.81. The number of carboxylic acids is 1. The molecule has 1 aliphatic rings. The van der Waals surface area contributed by atoms with E-state index in [9.17, 15) is 14.7 Å². The van der Waals surface area contributed by atoms with Crippen LogP contribution in [0.5, 0.6) is 0 Å². The second-order valence-corrected chi connectivity index (χ2v) is 5.52. The van der Waals surface area contributed by atoms with Gasteiger partial charge in [0.1, 0.15) is 0 Å². The van der Waals surface area contributed by atoms with Crippen molar-refractivity contribution in [2.45, 2.75) is 25.7 Å². The van der Waals surface area contributed by atoms with Gasteiger partial charge in [-0.05, 0) is 24.8 Å². The van der Waals surface area contributed by atoms with Gasteiger partial charge in [-0.1, -0.05) is 12.8 Å². The molecule has 0 aliphatic heterocycles. The summed E-state index contributed by atoms with van der Waals surface area (Å²) in [5, 5.41) is 16.0. The lowest BCUT2D eigenvalue weighted by atomic mass is 9.79. The Morgan fingerprint density at radius 1 is 1.48 bits per heavy atom. The molecule has 6 nitrogen and oxygen atoms in total. The molecule has 1 fully saturated rings. The van der Waals surface area contributed by atoms with Crippen LogP contribution in [0.1, 0.15) is 31.2 Å². The zero-order valence-corrected chi connectivity index (χ0v) is 12.2. The number of rotatable bonds is 5. The van der Waals surface area contributed by atoms with Gasteiger partial charge in [0, 0.05) is 31.4 Å². The van der Waals surface area contributed by atoms with Gasteiger partial charge in [-0.25, -0.2) is 0 Å². The van der Waals surface area contributed by atoms with Crippen LogP contribution >= 0.6 is 0 Å². The molecule has 21 heavy (non-hydrogen) atoms. The van der Waals surface area contributed by atoms with Crippen LogP contribution in [0.3, 0.4) is 0 Å². The molecule has 2 N–H and O–H groups in total. The molecule has 0 aromatic carbocycles. The molecule has 0 saturated heterocycles. The number of carboxylic acid groups (broad SMARTS) is 1. The van der Waals surface area contributed by atoms with Crippen LogP contribution < -0.4 is 5.32 Å². The molecule has 0 bridgehead atoms. The van der Waals surface area contributed by atoms with E-state index in [-0.39, 0.29) is 17.7 Å². The fourth-order valence-electron chi connectivity index (χ4n) is 2.77. The van der Waals surface area contributed by atoms with Crippen molar-refractivity contribution < 1.29 is 14.7 Å². The SMILES string of the molecule is Cn1cc(C=CC(=O)NCC2CCCCC2C(=O)O)cn1. The molecule has 1 heterocycles. The van der Waals surface area contributed by atoms with E-state index in [0.717, 1.165) is 24.8 Å². The number of amides is 1. The highest BCUT2D eigenvalue weighted by molar-refractivity contribution is 5.91. The largest absolute Gasteiger partial charge is 0.481 e. The summed E-state index contributed by atoms with van der Waals surface area (Å²) in [5.41, 5.74) is 0.855. The van der Waals surface area contributed by atoms with E-state index in [4.69, 9.17) is 0 Å². The fourth-order valence-corrected chi connectivity index (χ4v) is 2.77. The normalized spacial score (nSPS) is 22.3. The van der Waals surface area contributed by atoms with Crippen molar-refractivity contribution in [3.63, 3.8) is 0 Å². The Morgan fingerprint density at radius 3 is 2.90 bits per heavy atom. The summed E-state index contributed by atoms with van der Waals surface area (Å²) in [6, 6.07) is 0. The van der Waals surface area contributed by atoms with Crippen molar-refractivity contribution in [2.75, 3.05) is 6.54 Å². The lowest BCUT2D eigenvalue weighted by Crippen LogP contribution is -2.36. The Balaban J connectivity index is 1.82. The molecule has 1 aromatic heterocycles. The molecule has 1 aliphatic carbocycles. The second-order valence-electron chi connectivity index (χ2n) is 5.52. The monoisotopic (exact) mass is 291 g/mol. The van der Waals surface area contributed by atoms with E-state index < -0.39 is 5.97 Å². The van der Waals surface area contributed by atoms with E-state index in [2.05, 4.69) is 10.4 Å². The van der Waals surface area contributed by atoms with Crippen molar-refractivity contribution in [3.8, 4) is 0 Å². The average Bonchev–Trinajstić information content (AvgIpc) is 2.88. The quantitative estimate of drug-likeness (QED) is 0.804. The van der Waals surface area contributed by atoms with Crippen molar-refractivity contribution in [3.05, 3.63) is 24.0 Å². The maximum atomic E-state index is 11.8. The Morgan fingerprint density at radius 2 is 2.24 bits per heavy atom. The van der Waals surface area contributed by atoms with Gasteiger partial charge >= 0.3 is 5.97 Å². The lowest BCUT2D eigenvalue weighted by Gasteiger charge is -2.28. The number of hydrogen-bond acceptors (Lipinski definition) is 3. The second kappa shape index (κ2) is 7.06. The van der Waals surface area contributed by atoms with E-state index in [0.29, 0.717) is 13.0 Å². The van der Waals surface area contributed by atoms with Crippen LogP contribution in [0.25, 0.3) is 6.08 Å². The topological polar surface area (TPSA) is 84.2 Å². The third-order valence-electron chi connectivity index (χ3n) is 3.92. The molecule has 114 valence electrons. The molecule has 1 amide bonds. The third-order valence-corrected chi connectivity index (χ3v) is 3.92. The zero-order chi connectivity index (χ0) is 15.2. The lowest BCUT2D eigenvalue weighted by molar-refractivity contribution is -0.145. The first kappa shape index (κ1) is 15.3. The highest BCUT2D eigenvalue weighted by Gasteiger charge is 2.30. The number of nitrogens with zero attached hydrogens (tertiary/aromatic N) is 2. The Labute approximate surface area is 123 Å². The molecule has 1 saturated carbocycles. The number of aryl methyl sites for hydroxylation is 1. The summed E-state index contributed by atoms with van der Waals surface area (Å²) < 4.78 is 1.66. The third kappa shape index (κ3) is 4.44. The summed E-state index contributed by atoms with van der Waals surface area (Å²) in [6.07, 6.45) is 10.2. The molecule has 2 atom stereocenters. The molecule has 0 radical (unpaired) electrons. The first-order valence-electron chi connectivity index (χ1n) is 7.23. The Kier molecular flexibility index (Phi) is 5.14. The van der Waals surface area contributed by atoms with Crippen LogP contribution in [-0.4, -0.2) is 33.3 Å². The summed E-state index contributed by atoms with van der Waals surface area (Å²) in [6.45, 7) is 0.424. The maximum absolute atomic E-state index is 11.8. The molecule has 1 aromatic rings. The van der Waals surface area contributed by atoms with Gasteiger partial charge in [-0.15, -0.1) is 0 Å². The van der Waals surface area contributed by atoms with Crippen molar-refractivity contribution in [1.29, 1.82) is 0 Å². The van der Waals surface area contributed by atoms with E-state index >= 15 is 0 Å². The molecule has 6 heteroatoms. The van der Waals surface area contributed by atoms with Gasteiger partial charge in [0.05, 0.1) is 12.1 Å². The first-order chi connectivity index (χ1) is 10.1. The molecular formula is C15H21N3O3. The molecule has 2 rings (SSSR count). The zero-order valence-electron chi connectivity index (χ0n) is 12.2. The van der Waals surface area contributed by atoms with Crippen LogP contribution in [0.2, 0.25) is 0 Å². The minimum absolute atomic E-state index is 0.0343. The standard InChI is InChI=1S/C15H21N3O3/c1-18-10-11(8-17-18)6-7-14(19)16-9-12-4-2-3-5-13(12)15(20)21/h6-8,10,12-13H,2-5,9H2,1H3,(H,16,19)(H,20,21). The van der Waals surface area contributed by atoms with Crippen molar-refractivity contribution in [1.82, 2.24) is 15.1 Å². The van der Waals surface area contributed by atoms with Crippen LogP contribution in [0.15, 0.2) is 18.5 Å². The van der Waals surface area contributed by atoms with Gasteiger partial charge in [0.2, 0.25) is 5.91 Å². The first-order valence-corrected chi connectivity index (χ1v) is 7.23. The number of nitrogens with one attached hydrogen (secondary N) is 1. The number of aliphatic carboxylic acids is 1. The smallest absolute Gasteiger partial charge is 0.306 e. The predicted octanol–water partition coefficient (Wildman–Crippen LogP) is 1.44. The van der Waals surface area contributed by atoms with E-state index in [1.165, 1.54) is 6.08 Å². The summed E-state index contributed by atoms with van der Waals surface area (Å²) >= 11 is 0. The minimum atomic E-state index is -0.750. The average molecular weight is 291 g/mol. The highest BCUT2D eigenvalue weighted by atomic mass is 16.4. The predicted molar refractivity (Wildman–Crippen MR) is 78.3 cm³/mol. The summed E-state index contributed by atoms with van der Waals surface area (Å²) in [5.74, 6) is -1.25. The van der Waals surface area contributed by atoms with Gasteiger partial charge in [-0.3, -0.25) is 14.3 Å². The van der Waals surface area contributed by atoms with Crippen LogP contribution in [0, 0.1) is 11.8 Å². The van der Waals surface area contributed by atoms with E-state index in [1.807, 2.05) is 13.2 Å². The van der Waals surface area contributed by atoms with E-state index in [1.54, 1.807) is 17.0 Å². The number of hydrogen-bond donors (Lipinski definition) is 2. The highest BCUT2D eigenvalue weighted by Crippen LogP contribution is 2.29. The molecular weight excluding hydrogens is 270 g/mol. The Bertz CT molecular complexity index is 536. The van der Waals surface area contributed by atoms with Gasteiger partial charge in [-0.2, -0.15) is 5.10 Å². The number of carbonyl (C=O) groups is 2. The summed E-state index contributed by atoms with van der Waals surface area (Å²) in [4.78, 5) is 23.0. The van der Waals surface area contributed by atoms with Gasteiger partial charge in [0.25, 0.3) is 0 Å². The number of aromatic nitrogens is 2. The van der Waals surface area contributed by atoms with Gasteiger partial charge in [0.15, 0.2) is 0 Å². The van der Waals surface area contributed by atoms with Crippen molar-refractivity contribution in [2.24, 2.45) is 18.9 Å². The maximum Gasteiger partial charge on any atom is 0.306 e. The van der Waals surface area contributed by atoms with Crippen molar-refractivity contribution >= 4 is 18.0 Å². The Hall–Kier alpha value is -2.11. The van der Waals surface area contributed by atoms with Gasteiger partial charge < -0.3 is 10.4 Å². The molecule has 2 unspecified atom stereocenters. The number of carbonyl (C=O) groups excluding carboxylic acids is 1.